The Kier molecular flexibility index (Phi) is 6.04. The predicted octanol–water partition coefficient (Wildman–Crippen LogP) is 1.11. The van der Waals surface area contributed by atoms with E-state index in [0.29, 0.717) is 6.42 Å². The van der Waals surface area contributed by atoms with E-state index in [1.165, 1.54) is 30.6 Å². The minimum atomic E-state index is -2.23. The lowest BCUT2D eigenvalue weighted by Crippen LogP contribution is -2.63. The maximum atomic E-state index is 12.6. The summed E-state index contributed by atoms with van der Waals surface area (Å²) in [4.78, 5) is 40.1. The molecule has 9 nitrogen and oxygen atoms in total. The van der Waals surface area contributed by atoms with Gasteiger partial charge in [-0.2, -0.15) is 0 Å². The molecule has 1 aliphatic carbocycles. The average molecular weight is 363 g/mol. The topological polar surface area (TPSA) is 135 Å². The van der Waals surface area contributed by atoms with Crippen molar-refractivity contribution in [2.24, 2.45) is 11.7 Å². The monoisotopic (exact) mass is 363 g/mol. The van der Waals surface area contributed by atoms with Gasteiger partial charge in [-0.05, 0) is 31.6 Å². The van der Waals surface area contributed by atoms with E-state index in [-0.39, 0.29) is 18.7 Å². The van der Waals surface area contributed by atoms with E-state index in [2.05, 4.69) is 4.98 Å². The number of pyridine rings is 1. The Morgan fingerprint density at radius 1 is 1.50 bits per heavy atom. The highest BCUT2D eigenvalue weighted by molar-refractivity contribution is 5.90. The molecule has 3 atom stereocenters. The number of carbonyl (C=O) groups is 2. The summed E-state index contributed by atoms with van der Waals surface area (Å²) in [5.74, 6) is -2.60. The van der Waals surface area contributed by atoms with Crippen LogP contribution in [0, 0.1) is 16.0 Å². The van der Waals surface area contributed by atoms with E-state index >= 15 is 0 Å². The molecule has 0 saturated heterocycles. The Hall–Kier alpha value is -2.81. The van der Waals surface area contributed by atoms with E-state index in [9.17, 15) is 19.7 Å². The molecule has 1 heterocycles. The van der Waals surface area contributed by atoms with Gasteiger partial charge in [-0.1, -0.05) is 12.5 Å². The summed E-state index contributed by atoms with van der Waals surface area (Å²) in [5, 5.41) is 12.0. The van der Waals surface area contributed by atoms with Crippen LogP contribution in [0.15, 0.2) is 36.2 Å². The second kappa shape index (κ2) is 8.05. The molecule has 1 aromatic rings. The molecule has 26 heavy (non-hydrogen) atoms. The van der Waals surface area contributed by atoms with Gasteiger partial charge >= 0.3 is 17.5 Å². The number of allylic oxidation sites excluding steroid dienone is 1. The smallest absolute Gasteiger partial charge is 0.389 e. The van der Waals surface area contributed by atoms with Gasteiger partial charge in [0.2, 0.25) is 6.10 Å². The van der Waals surface area contributed by atoms with Gasteiger partial charge in [0.15, 0.2) is 0 Å². The number of esters is 2. The minimum Gasteiger partial charge on any atom is -0.459 e. The second-order valence-electron chi connectivity index (χ2n) is 6.19. The summed E-state index contributed by atoms with van der Waals surface area (Å²) in [6.45, 7) is 3.19. The van der Waals surface area contributed by atoms with Crippen molar-refractivity contribution in [2.45, 2.75) is 31.9 Å². The van der Waals surface area contributed by atoms with Crippen molar-refractivity contribution in [1.29, 1.82) is 0 Å². The maximum Gasteiger partial charge on any atom is 0.389 e. The number of rotatable bonds is 6. The van der Waals surface area contributed by atoms with Gasteiger partial charge in [-0.3, -0.25) is 15.1 Å². The standard InChI is InChI=1S/C17H21N3O6/c1-11-8-12(2)17(20(23)24,16(22)25-7-5-18)14(9-11)26-15(21)13-4-3-6-19-10-13/h3-4,6,9-10,12,14H,5,7-8,18H2,1-2H3/t12?,14-,17?/m1/s1. The molecule has 1 aliphatic rings. The minimum absolute atomic E-state index is 0.0307. The molecule has 0 amide bonds. The van der Waals surface area contributed by atoms with E-state index in [1.54, 1.807) is 13.8 Å². The number of nitro groups is 1. The average Bonchev–Trinajstić information content (AvgIpc) is 2.60. The Morgan fingerprint density at radius 2 is 2.23 bits per heavy atom. The molecule has 0 saturated carbocycles. The molecule has 0 aliphatic heterocycles. The van der Waals surface area contributed by atoms with Crippen LogP contribution < -0.4 is 5.73 Å². The maximum absolute atomic E-state index is 12.6. The number of aromatic nitrogens is 1. The summed E-state index contributed by atoms with van der Waals surface area (Å²) in [7, 11) is 0. The van der Waals surface area contributed by atoms with Crippen molar-refractivity contribution >= 4 is 11.9 Å². The molecule has 0 fully saturated rings. The zero-order valence-corrected chi connectivity index (χ0v) is 14.6. The molecule has 1 aromatic heterocycles. The number of hydrogen-bond acceptors (Lipinski definition) is 8. The first-order valence-electron chi connectivity index (χ1n) is 8.14. The zero-order valence-electron chi connectivity index (χ0n) is 14.6. The van der Waals surface area contributed by atoms with E-state index < -0.39 is 34.4 Å². The number of nitrogens with zero attached hydrogens (tertiary/aromatic N) is 2. The lowest BCUT2D eigenvalue weighted by atomic mass is 9.72. The van der Waals surface area contributed by atoms with Gasteiger partial charge in [0.25, 0.3) is 0 Å². The van der Waals surface area contributed by atoms with Crippen LogP contribution in [0.5, 0.6) is 0 Å². The first-order valence-corrected chi connectivity index (χ1v) is 8.14. The molecular formula is C17H21N3O6. The van der Waals surface area contributed by atoms with Gasteiger partial charge in [-0.15, -0.1) is 0 Å². The fourth-order valence-corrected chi connectivity index (χ4v) is 3.11. The summed E-state index contributed by atoms with van der Waals surface area (Å²) in [6.07, 6.45) is 3.10. The summed E-state index contributed by atoms with van der Waals surface area (Å²) >= 11 is 0. The largest absolute Gasteiger partial charge is 0.459 e. The molecule has 0 radical (unpaired) electrons. The third-order valence-electron chi connectivity index (χ3n) is 4.36. The highest BCUT2D eigenvalue weighted by atomic mass is 16.7. The number of carbonyl (C=O) groups excluding carboxylic acids is 2. The fraction of sp³-hybridized carbons (Fsp3) is 0.471. The van der Waals surface area contributed by atoms with Crippen molar-refractivity contribution in [3.63, 3.8) is 0 Å². The Labute approximate surface area is 150 Å². The number of hydrogen-bond donors (Lipinski definition) is 1. The second-order valence-corrected chi connectivity index (χ2v) is 6.19. The Morgan fingerprint density at radius 3 is 2.81 bits per heavy atom. The van der Waals surface area contributed by atoms with E-state index in [0.717, 1.165) is 5.57 Å². The molecular weight excluding hydrogens is 342 g/mol. The first kappa shape index (κ1) is 19.5. The number of nitrogens with two attached hydrogens (primary N) is 1. The van der Waals surface area contributed by atoms with Crippen LogP contribution >= 0.6 is 0 Å². The SMILES string of the molecule is CC1=C[C@@H](OC(=O)c2cccnc2)C(C(=O)OCCN)([N+](=O)[O-])C(C)C1. The lowest BCUT2D eigenvalue weighted by molar-refractivity contribution is -0.575. The Bertz CT molecular complexity index is 720. The normalized spacial score (nSPS) is 25.1. The lowest BCUT2D eigenvalue weighted by Gasteiger charge is -2.36. The van der Waals surface area contributed by atoms with Crippen LogP contribution in [-0.4, -0.2) is 46.6 Å². The van der Waals surface area contributed by atoms with Crippen LogP contribution in [0.1, 0.15) is 30.6 Å². The fourth-order valence-electron chi connectivity index (χ4n) is 3.11. The van der Waals surface area contributed by atoms with E-state index in [1.807, 2.05) is 0 Å². The van der Waals surface area contributed by atoms with Crippen LogP contribution in [0.25, 0.3) is 0 Å². The molecule has 2 rings (SSSR count). The molecule has 2 unspecified atom stereocenters. The third-order valence-corrected chi connectivity index (χ3v) is 4.36. The van der Waals surface area contributed by atoms with Crippen molar-refractivity contribution < 1.29 is 24.0 Å². The van der Waals surface area contributed by atoms with Crippen molar-refractivity contribution in [3.8, 4) is 0 Å². The van der Waals surface area contributed by atoms with Crippen molar-refractivity contribution in [2.75, 3.05) is 13.2 Å². The molecule has 2 N–H and O–H groups in total. The highest BCUT2D eigenvalue weighted by Crippen LogP contribution is 2.39. The van der Waals surface area contributed by atoms with Crippen LogP contribution in [0.4, 0.5) is 0 Å². The van der Waals surface area contributed by atoms with Gasteiger partial charge in [0.1, 0.15) is 6.61 Å². The Balaban J connectivity index is 2.43. The predicted molar refractivity (Wildman–Crippen MR) is 90.7 cm³/mol. The summed E-state index contributed by atoms with van der Waals surface area (Å²) in [5.41, 5.74) is 4.00. The molecule has 0 spiro atoms. The molecule has 140 valence electrons. The number of ether oxygens (including phenoxy) is 2. The van der Waals surface area contributed by atoms with Crippen LogP contribution in [0.3, 0.4) is 0 Å². The van der Waals surface area contributed by atoms with Crippen LogP contribution in [-0.2, 0) is 14.3 Å². The zero-order chi connectivity index (χ0) is 19.3. The first-order chi connectivity index (χ1) is 12.3. The van der Waals surface area contributed by atoms with Crippen molar-refractivity contribution in [1.82, 2.24) is 4.98 Å². The molecule has 0 aromatic carbocycles. The summed E-state index contributed by atoms with van der Waals surface area (Å²) in [6, 6.07) is 3.01. The quantitative estimate of drug-likeness (QED) is 0.344. The van der Waals surface area contributed by atoms with Gasteiger partial charge < -0.3 is 15.2 Å². The van der Waals surface area contributed by atoms with E-state index in [4.69, 9.17) is 15.2 Å². The van der Waals surface area contributed by atoms with Crippen molar-refractivity contribution in [3.05, 3.63) is 51.9 Å². The van der Waals surface area contributed by atoms with Crippen LogP contribution in [0.2, 0.25) is 0 Å². The van der Waals surface area contributed by atoms with Gasteiger partial charge in [0, 0.05) is 29.8 Å². The van der Waals surface area contributed by atoms with Gasteiger partial charge in [0.05, 0.1) is 5.56 Å². The van der Waals surface area contributed by atoms with Gasteiger partial charge in [-0.25, -0.2) is 9.59 Å². The molecule has 9 heteroatoms. The highest BCUT2D eigenvalue weighted by Gasteiger charge is 2.65. The third kappa shape index (κ3) is 3.57. The summed E-state index contributed by atoms with van der Waals surface area (Å²) < 4.78 is 10.3. The molecule has 0 bridgehead atoms.